The molecule has 1 fully saturated rings. The van der Waals surface area contributed by atoms with Crippen molar-refractivity contribution in [2.24, 2.45) is 11.8 Å². The van der Waals surface area contributed by atoms with E-state index in [-0.39, 0.29) is 11.8 Å². The number of aromatic nitrogens is 4. The van der Waals surface area contributed by atoms with Crippen molar-refractivity contribution >= 4 is 28.2 Å². The predicted molar refractivity (Wildman–Crippen MR) is 93.1 cm³/mol. The summed E-state index contributed by atoms with van der Waals surface area (Å²) in [6.45, 7) is 5.62. The van der Waals surface area contributed by atoms with Crippen molar-refractivity contribution in [2.45, 2.75) is 33.1 Å². The molecule has 0 spiro atoms. The number of carbonyl (C=O) groups is 1. The van der Waals surface area contributed by atoms with Crippen molar-refractivity contribution < 1.29 is 4.79 Å². The Morgan fingerprint density at radius 3 is 3.08 bits per heavy atom. The van der Waals surface area contributed by atoms with Crippen LogP contribution in [0.25, 0.3) is 0 Å². The fraction of sp³-hybridized carbons (Fsp3) is 0.562. The normalized spacial score (nSPS) is 18.0. The molecule has 1 amide bonds. The summed E-state index contributed by atoms with van der Waals surface area (Å²) in [5, 5.41) is 11.6. The largest absolute Gasteiger partial charge is 0.342 e. The Hall–Kier alpha value is -2.09. The minimum absolute atomic E-state index is 0.0607. The Bertz CT molecular complexity index is 675. The predicted octanol–water partition coefficient (Wildman–Crippen LogP) is 2.51. The van der Waals surface area contributed by atoms with Gasteiger partial charge in [-0.05, 0) is 25.2 Å². The van der Waals surface area contributed by atoms with Crippen molar-refractivity contribution in [3.05, 3.63) is 23.6 Å². The number of nitrogens with one attached hydrogen (secondary N) is 1. The van der Waals surface area contributed by atoms with E-state index in [0.717, 1.165) is 43.9 Å². The first kappa shape index (κ1) is 16.8. The fourth-order valence-corrected chi connectivity index (χ4v) is 3.46. The van der Waals surface area contributed by atoms with Gasteiger partial charge in [0.1, 0.15) is 17.7 Å². The highest BCUT2D eigenvalue weighted by Crippen LogP contribution is 2.23. The number of carbonyl (C=O) groups excluding carboxylic acids is 1. The number of anilines is 2. The lowest BCUT2D eigenvalue weighted by molar-refractivity contribution is -0.136. The maximum atomic E-state index is 12.2. The summed E-state index contributed by atoms with van der Waals surface area (Å²) >= 11 is 1.43. The molecule has 1 aliphatic heterocycles. The van der Waals surface area contributed by atoms with Gasteiger partial charge < -0.3 is 10.2 Å². The third kappa shape index (κ3) is 4.25. The van der Waals surface area contributed by atoms with Crippen LogP contribution in [0, 0.1) is 11.8 Å². The molecule has 128 valence electrons. The SMILES string of the molecule is CC(C)C(=O)N1CCC[C@H](Cc2cc(Nc3nncs3)ncn2)C1. The third-order valence-corrected chi connectivity index (χ3v) is 4.75. The molecule has 0 bridgehead atoms. The average Bonchev–Trinajstić information content (AvgIpc) is 3.07. The van der Waals surface area contributed by atoms with Gasteiger partial charge in [-0.1, -0.05) is 25.2 Å². The number of nitrogens with zero attached hydrogens (tertiary/aromatic N) is 5. The van der Waals surface area contributed by atoms with Crippen LogP contribution in [0.15, 0.2) is 17.9 Å². The van der Waals surface area contributed by atoms with Gasteiger partial charge in [0.05, 0.1) is 0 Å². The standard InChI is InChI=1S/C16H22N6OS/c1-11(2)15(23)22-5-3-4-12(8-22)6-13-7-14(18-9-17-13)20-16-21-19-10-24-16/h7,9-12H,3-6,8H2,1-2H3,(H,17,18,20,21)/t12-/m1/s1. The van der Waals surface area contributed by atoms with Gasteiger partial charge in [-0.2, -0.15) is 0 Å². The Labute approximate surface area is 145 Å². The Kier molecular flexibility index (Phi) is 5.34. The minimum atomic E-state index is 0.0607. The molecule has 1 aliphatic rings. The number of likely N-dealkylation sites (tertiary alicyclic amines) is 1. The summed E-state index contributed by atoms with van der Waals surface area (Å²) in [5.74, 6) is 1.49. The second kappa shape index (κ2) is 7.65. The average molecular weight is 346 g/mol. The number of rotatable bonds is 5. The Morgan fingerprint density at radius 1 is 1.46 bits per heavy atom. The quantitative estimate of drug-likeness (QED) is 0.895. The van der Waals surface area contributed by atoms with Gasteiger partial charge in [0.25, 0.3) is 0 Å². The molecule has 3 heterocycles. The summed E-state index contributed by atoms with van der Waals surface area (Å²) in [4.78, 5) is 22.8. The van der Waals surface area contributed by atoms with E-state index in [0.29, 0.717) is 11.0 Å². The molecule has 0 aliphatic carbocycles. The van der Waals surface area contributed by atoms with E-state index in [9.17, 15) is 4.79 Å². The maximum absolute atomic E-state index is 12.2. The van der Waals surface area contributed by atoms with Gasteiger partial charge in [-0.15, -0.1) is 10.2 Å². The molecule has 7 nitrogen and oxygen atoms in total. The molecule has 1 saturated heterocycles. The smallest absolute Gasteiger partial charge is 0.225 e. The van der Waals surface area contributed by atoms with Crippen LogP contribution in [0.4, 0.5) is 10.9 Å². The molecule has 2 aromatic heterocycles. The Morgan fingerprint density at radius 2 is 2.33 bits per heavy atom. The Balaban J connectivity index is 1.62. The fourth-order valence-electron chi connectivity index (χ4n) is 3.01. The first-order valence-electron chi connectivity index (χ1n) is 8.24. The number of piperidine rings is 1. The lowest BCUT2D eigenvalue weighted by atomic mass is 9.92. The minimum Gasteiger partial charge on any atom is -0.342 e. The topological polar surface area (TPSA) is 83.9 Å². The molecular weight excluding hydrogens is 324 g/mol. The van der Waals surface area contributed by atoms with Crippen molar-refractivity contribution in [3.8, 4) is 0 Å². The van der Waals surface area contributed by atoms with Crippen molar-refractivity contribution in [1.29, 1.82) is 0 Å². The summed E-state index contributed by atoms with van der Waals surface area (Å²) in [6, 6.07) is 1.95. The number of amides is 1. The van der Waals surface area contributed by atoms with E-state index < -0.39 is 0 Å². The monoisotopic (exact) mass is 346 g/mol. The molecule has 2 aromatic rings. The summed E-state index contributed by atoms with van der Waals surface area (Å²) in [5.41, 5.74) is 2.66. The van der Waals surface area contributed by atoms with Gasteiger partial charge >= 0.3 is 0 Å². The lowest BCUT2D eigenvalue weighted by Crippen LogP contribution is -2.42. The molecule has 0 saturated carbocycles. The number of hydrogen-bond donors (Lipinski definition) is 1. The van der Waals surface area contributed by atoms with E-state index in [4.69, 9.17) is 0 Å². The van der Waals surface area contributed by atoms with Crippen LogP contribution >= 0.6 is 11.3 Å². The first-order chi connectivity index (χ1) is 11.6. The highest BCUT2D eigenvalue weighted by Gasteiger charge is 2.25. The molecule has 8 heteroatoms. The summed E-state index contributed by atoms with van der Waals surface area (Å²) in [7, 11) is 0. The van der Waals surface area contributed by atoms with Crippen LogP contribution in [-0.2, 0) is 11.2 Å². The van der Waals surface area contributed by atoms with E-state index in [2.05, 4.69) is 25.5 Å². The van der Waals surface area contributed by atoms with E-state index in [1.54, 1.807) is 11.8 Å². The second-order valence-electron chi connectivity index (χ2n) is 6.41. The molecule has 1 atom stereocenters. The van der Waals surface area contributed by atoms with Crippen molar-refractivity contribution in [1.82, 2.24) is 25.1 Å². The van der Waals surface area contributed by atoms with Gasteiger partial charge in [0.15, 0.2) is 0 Å². The van der Waals surface area contributed by atoms with Crippen LogP contribution in [0.2, 0.25) is 0 Å². The highest BCUT2D eigenvalue weighted by atomic mass is 32.1. The first-order valence-corrected chi connectivity index (χ1v) is 9.12. The summed E-state index contributed by atoms with van der Waals surface area (Å²) in [6.07, 6.45) is 4.61. The molecule has 0 unspecified atom stereocenters. The van der Waals surface area contributed by atoms with E-state index in [1.807, 2.05) is 24.8 Å². The molecule has 0 radical (unpaired) electrons. The highest BCUT2D eigenvalue weighted by molar-refractivity contribution is 7.13. The summed E-state index contributed by atoms with van der Waals surface area (Å²) < 4.78 is 0. The number of hydrogen-bond acceptors (Lipinski definition) is 7. The molecule has 24 heavy (non-hydrogen) atoms. The van der Waals surface area contributed by atoms with Gasteiger partial charge in [0.2, 0.25) is 11.0 Å². The van der Waals surface area contributed by atoms with Crippen molar-refractivity contribution in [3.63, 3.8) is 0 Å². The van der Waals surface area contributed by atoms with E-state index in [1.165, 1.54) is 11.3 Å². The lowest BCUT2D eigenvalue weighted by Gasteiger charge is -2.33. The maximum Gasteiger partial charge on any atom is 0.225 e. The van der Waals surface area contributed by atoms with Gasteiger partial charge in [-0.25, -0.2) is 9.97 Å². The van der Waals surface area contributed by atoms with E-state index >= 15 is 0 Å². The zero-order valence-corrected chi connectivity index (χ0v) is 14.8. The molecular formula is C16H22N6OS. The van der Waals surface area contributed by atoms with Crippen LogP contribution in [0.3, 0.4) is 0 Å². The van der Waals surface area contributed by atoms with Gasteiger partial charge in [0, 0.05) is 30.8 Å². The molecule has 1 N–H and O–H groups in total. The zero-order chi connectivity index (χ0) is 16.9. The molecule has 3 rings (SSSR count). The zero-order valence-electron chi connectivity index (χ0n) is 14.0. The molecule has 0 aromatic carbocycles. The van der Waals surface area contributed by atoms with Crippen LogP contribution in [-0.4, -0.2) is 44.1 Å². The second-order valence-corrected chi connectivity index (χ2v) is 7.25. The van der Waals surface area contributed by atoms with Crippen LogP contribution in [0.1, 0.15) is 32.4 Å². The van der Waals surface area contributed by atoms with Gasteiger partial charge in [-0.3, -0.25) is 4.79 Å². The van der Waals surface area contributed by atoms with Crippen LogP contribution < -0.4 is 5.32 Å². The third-order valence-electron chi connectivity index (χ3n) is 4.14. The van der Waals surface area contributed by atoms with Crippen LogP contribution in [0.5, 0.6) is 0 Å². The van der Waals surface area contributed by atoms with Crippen molar-refractivity contribution in [2.75, 3.05) is 18.4 Å².